The second-order valence-corrected chi connectivity index (χ2v) is 3.98. The summed E-state index contributed by atoms with van der Waals surface area (Å²) in [5.74, 6) is -0.112. The summed E-state index contributed by atoms with van der Waals surface area (Å²) in [5.41, 5.74) is 1.17. The molecule has 1 unspecified atom stereocenters. The number of benzene rings is 1. The maximum absolute atomic E-state index is 12.1. The standard InChI is InChI=1S/C13H17N3O/c1-10(9-15-2)13(17)16(3)12-7-5-4-6-11(12)8-14/h4-7,10,15H,9H2,1-3H3. The summed E-state index contributed by atoms with van der Waals surface area (Å²) in [5, 5.41) is 12.0. The molecular formula is C13H17N3O. The van der Waals surface area contributed by atoms with Crippen LogP contribution in [0.25, 0.3) is 0 Å². The third-order valence-corrected chi connectivity index (χ3v) is 2.65. The quantitative estimate of drug-likeness (QED) is 0.851. The highest BCUT2D eigenvalue weighted by Crippen LogP contribution is 2.19. The lowest BCUT2D eigenvalue weighted by atomic mass is 10.1. The van der Waals surface area contributed by atoms with Crippen LogP contribution < -0.4 is 10.2 Å². The first kappa shape index (κ1) is 13.2. The first-order chi connectivity index (χ1) is 8.11. The van der Waals surface area contributed by atoms with E-state index in [1.54, 1.807) is 30.1 Å². The fourth-order valence-electron chi connectivity index (χ4n) is 1.70. The molecule has 0 aliphatic carbocycles. The van der Waals surface area contributed by atoms with Crippen LogP contribution in [0.1, 0.15) is 12.5 Å². The average Bonchev–Trinajstić information content (AvgIpc) is 2.37. The second-order valence-electron chi connectivity index (χ2n) is 3.98. The molecule has 1 atom stereocenters. The number of rotatable bonds is 4. The van der Waals surface area contributed by atoms with Crippen LogP contribution >= 0.6 is 0 Å². The van der Waals surface area contributed by atoms with Crippen molar-refractivity contribution in [1.82, 2.24) is 5.32 Å². The Morgan fingerprint density at radius 3 is 2.76 bits per heavy atom. The number of nitriles is 1. The van der Waals surface area contributed by atoms with Gasteiger partial charge < -0.3 is 10.2 Å². The van der Waals surface area contributed by atoms with Gasteiger partial charge in [-0.15, -0.1) is 0 Å². The van der Waals surface area contributed by atoms with Crippen molar-refractivity contribution in [1.29, 1.82) is 5.26 Å². The lowest BCUT2D eigenvalue weighted by Crippen LogP contribution is -2.36. The number of hydrogen-bond acceptors (Lipinski definition) is 3. The molecule has 0 saturated carbocycles. The highest BCUT2D eigenvalue weighted by Gasteiger charge is 2.19. The molecule has 1 N–H and O–H groups in total. The van der Waals surface area contributed by atoms with Crippen molar-refractivity contribution in [3.8, 4) is 6.07 Å². The molecule has 0 fully saturated rings. The number of anilines is 1. The van der Waals surface area contributed by atoms with Crippen LogP contribution in [0, 0.1) is 17.2 Å². The fourth-order valence-corrected chi connectivity index (χ4v) is 1.70. The Kier molecular flexibility index (Phi) is 4.68. The Balaban J connectivity index is 2.93. The van der Waals surface area contributed by atoms with E-state index >= 15 is 0 Å². The summed E-state index contributed by atoms with van der Waals surface area (Å²) in [6, 6.07) is 9.19. The Morgan fingerprint density at radius 2 is 2.18 bits per heavy atom. The molecule has 0 saturated heterocycles. The summed E-state index contributed by atoms with van der Waals surface area (Å²) < 4.78 is 0. The highest BCUT2D eigenvalue weighted by atomic mass is 16.2. The Morgan fingerprint density at radius 1 is 1.53 bits per heavy atom. The minimum Gasteiger partial charge on any atom is -0.319 e. The molecule has 0 bridgehead atoms. The predicted octanol–water partition coefficient (Wildman–Crippen LogP) is 1.38. The number of nitrogens with zero attached hydrogens (tertiary/aromatic N) is 2. The minimum atomic E-state index is -0.114. The molecule has 17 heavy (non-hydrogen) atoms. The van der Waals surface area contributed by atoms with E-state index in [0.29, 0.717) is 17.8 Å². The number of para-hydroxylation sites is 1. The van der Waals surface area contributed by atoms with Crippen molar-refractivity contribution in [2.75, 3.05) is 25.5 Å². The third kappa shape index (κ3) is 3.05. The van der Waals surface area contributed by atoms with Crippen LogP contribution in [0.4, 0.5) is 5.69 Å². The minimum absolute atomic E-state index is 0.00190. The maximum Gasteiger partial charge on any atom is 0.230 e. The smallest absolute Gasteiger partial charge is 0.230 e. The van der Waals surface area contributed by atoms with Gasteiger partial charge in [0.25, 0.3) is 0 Å². The molecule has 1 aromatic carbocycles. The van der Waals surface area contributed by atoms with E-state index in [1.807, 2.05) is 20.0 Å². The zero-order valence-corrected chi connectivity index (χ0v) is 10.4. The van der Waals surface area contributed by atoms with Gasteiger partial charge in [0.15, 0.2) is 0 Å². The lowest BCUT2D eigenvalue weighted by molar-refractivity contribution is -0.121. The summed E-state index contributed by atoms with van der Waals surface area (Å²) in [6.45, 7) is 2.49. The second kappa shape index (κ2) is 6.02. The third-order valence-electron chi connectivity index (χ3n) is 2.65. The number of amides is 1. The van der Waals surface area contributed by atoms with Crippen molar-refractivity contribution in [3.63, 3.8) is 0 Å². The van der Waals surface area contributed by atoms with Gasteiger partial charge >= 0.3 is 0 Å². The average molecular weight is 231 g/mol. The normalized spacial score (nSPS) is 11.6. The van der Waals surface area contributed by atoms with Crippen LogP contribution in [0.15, 0.2) is 24.3 Å². The number of nitrogens with one attached hydrogen (secondary N) is 1. The predicted molar refractivity (Wildman–Crippen MR) is 67.7 cm³/mol. The summed E-state index contributed by atoms with van der Waals surface area (Å²) in [4.78, 5) is 13.6. The molecule has 0 radical (unpaired) electrons. The molecule has 0 aliphatic heterocycles. The number of carbonyl (C=O) groups excluding carboxylic acids is 1. The monoisotopic (exact) mass is 231 g/mol. The molecule has 1 aromatic rings. The lowest BCUT2D eigenvalue weighted by Gasteiger charge is -2.22. The Labute approximate surface area is 102 Å². The first-order valence-electron chi connectivity index (χ1n) is 5.53. The van der Waals surface area contributed by atoms with Crippen LogP contribution in [0.2, 0.25) is 0 Å². The topological polar surface area (TPSA) is 56.1 Å². The molecule has 0 aliphatic rings. The fraction of sp³-hybridized carbons (Fsp3) is 0.385. The number of carbonyl (C=O) groups is 1. The Hall–Kier alpha value is -1.86. The van der Waals surface area contributed by atoms with E-state index < -0.39 is 0 Å². The summed E-state index contributed by atoms with van der Waals surface area (Å²) in [7, 11) is 3.51. The highest BCUT2D eigenvalue weighted by molar-refractivity contribution is 5.95. The first-order valence-corrected chi connectivity index (χ1v) is 5.53. The van der Waals surface area contributed by atoms with E-state index in [-0.39, 0.29) is 11.8 Å². The number of hydrogen-bond donors (Lipinski definition) is 1. The largest absolute Gasteiger partial charge is 0.319 e. The van der Waals surface area contributed by atoms with Gasteiger partial charge in [-0.1, -0.05) is 19.1 Å². The molecule has 90 valence electrons. The maximum atomic E-state index is 12.1. The van der Waals surface area contributed by atoms with Crippen molar-refractivity contribution >= 4 is 11.6 Å². The zero-order chi connectivity index (χ0) is 12.8. The van der Waals surface area contributed by atoms with Crippen LogP contribution in [-0.2, 0) is 4.79 Å². The van der Waals surface area contributed by atoms with Crippen molar-refractivity contribution in [3.05, 3.63) is 29.8 Å². The van der Waals surface area contributed by atoms with Gasteiger partial charge in [-0.3, -0.25) is 4.79 Å². The van der Waals surface area contributed by atoms with Gasteiger partial charge in [-0.2, -0.15) is 5.26 Å². The molecule has 0 aromatic heterocycles. The molecule has 0 heterocycles. The van der Waals surface area contributed by atoms with E-state index in [2.05, 4.69) is 11.4 Å². The molecule has 4 heteroatoms. The molecular weight excluding hydrogens is 214 g/mol. The zero-order valence-electron chi connectivity index (χ0n) is 10.4. The van der Waals surface area contributed by atoms with Gasteiger partial charge in [0.05, 0.1) is 11.3 Å². The van der Waals surface area contributed by atoms with Crippen molar-refractivity contribution in [2.45, 2.75) is 6.92 Å². The van der Waals surface area contributed by atoms with Gasteiger partial charge in [0.1, 0.15) is 6.07 Å². The summed E-state index contributed by atoms with van der Waals surface area (Å²) in [6.07, 6.45) is 0. The Bertz CT molecular complexity index is 437. The van der Waals surface area contributed by atoms with E-state index in [4.69, 9.17) is 5.26 Å². The molecule has 1 rings (SSSR count). The van der Waals surface area contributed by atoms with Gasteiger partial charge in [-0.05, 0) is 19.2 Å². The van der Waals surface area contributed by atoms with Gasteiger partial charge in [-0.25, -0.2) is 0 Å². The molecule has 0 spiro atoms. The van der Waals surface area contributed by atoms with E-state index in [9.17, 15) is 4.79 Å². The SMILES string of the molecule is CNCC(C)C(=O)N(C)c1ccccc1C#N. The van der Waals surface area contributed by atoms with Crippen molar-refractivity contribution in [2.24, 2.45) is 5.92 Å². The van der Waals surface area contributed by atoms with Crippen LogP contribution in [0.5, 0.6) is 0 Å². The summed E-state index contributed by atoms with van der Waals surface area (Å²) >= 11 is 0. The van der Waals surface area contributed by atoms with Gasteiger partial charge in [0, 0.05) is 19.5 Å². The van der Waals surface area contributed by atoms with Crippen LogP contribution in [-0.4, -0.2) is 26.5 Å². The van der Waals surface area contributed by atoms with Gasteiger partial charge in [0.2, 0.25) is 5.91 Å². The molecule has 1 amide bonds. The van der Waals surface area contributed by atoms with E-state index in [1.165, 1.54) is 0 Å². The van der Waals surface area contributed by atoms with E-state index in [0.717, 1.165) is 0 Å². The molecule has 4 nitrogen and oxygen atoms in total. The van der Waals surface area contributed by atoms with Crippen molar-refractivity contribution < 1.29 is 4.79 Å². The van der Waals surface area contributed by atoms with Crippen LogP contribution in [0.3, 0.4) is 0 Å².